The lowest BCUT2D eigenvalue weighted by molar-refractivity contribution is 0.306. The maximum absolute atomic E-state index is 6.01. The van der Waals surface area contributed by atoms with Crippen molar-refractivity contribution in [2.75, 3.05) is 5.32 Å². The first-order chi connectivity index (χ1) is 12.1. The third kappa shape index (κ3) is 4.77. The van der Waals surface area contributed by atoms with E-state index in [0.29, 0.717) is 6.61 Å². The van der Waals surface area contributed by atoms with Gasteiger partial charge in [0.15, 0.2) is 0 Å². The fraction of sp³-hybridized carbons (Fsp3) is 0.182. The minimum Gasteiger partial charge on any atom is -0.489 e. The molecule has 0 aromatic heterocycles. The van der Waals surface area contributed by atoms with Crippen LogP contribution in [0.2, 0.25) is 5.02 Å². The highest BCUT2D eigenvalue weighted by molar-refractivity contribution is 6.30. The SMILES string of the molecule is Cc1cccc(NCc2cccc(OCc3cccc(Cl)c3)c2)c1C. The van der Waals surface area contributed by atoms with Crippen molar-refractivity contribution in [3.63, 3.8) is 0 Å². The molecule has 0 spiro atoms. The van der Waals surface area contributed by atoms with Crippen LogP contribution in [0.1, 0.15) is 22.3 Å². The maximum atomic E-state index is 6.01. The highest BCUT2D eigenvalue weighted by atomic mass is 35.5. The third-order valence-corrected chi connectivity index (χ3v) is 4.52. The highest BCUT2D eigenvalue weighted by Gasteiger charge is 2.02. The predicted octanol–water partition coefficient (Wildman–Crippen LogP) is 6.15. The predicted molar refractivity (Wildman–Crippen MR) is 105 cm³/mol. The number of nitrogens with one attached hydrogen (secondary N) is 1. The molecule has 0 atom stereocenters. The van der Waals surface area contributed by atoms with Crippen LogP contribution >= 0.6 is 11.6 Å². The van der Waals surface area contributed by atoms with Crippen LogP contribution < -0.4 is 10.1 Å². The lowest BCUT2D eigenvalue weighted by Gasteiger charge is -2.12. The van der Waals surface area contributed by atoms with E-state index in [2.05, 4.69) is 49.5 Å². The zero-order chi connectivity index (χ0) is 17.6. The minimum absolute atomic E-state index is 0.508. The lowest BCUT2D eigenvalue weighted by Crippen LogP contribution is -2.02. The molecule has 0 radical (unpaired) electrons. The zero-order valence-electron chi connectivity index (χ0n) is 14.6. The van der Waals surface area contributed by atoms with Gasteiger partial charge in [-0.1, -0.05) is 48.0 Å². The molecule has 2 nitrogen and oxygen atoms in total. The molecule has 0 aliphatic heterocycles. The van der Waals surface area contributed by atoms with E-state index in [-0.39, 0.29) is 0 Å². The van der Waals surface area contributed by atoms with E-state index in [1.807, 2.05) is 36.4 Å². The quantitative estimate of drug-likeness (QED) is 0.575. The summed E-state index contributed by atoms with van der Waals surface area (Å²) in [7, 11) is 0. The molecule has 0 aliphatic carbocycles. The van der Waals surface area contributed by atoms with E-state index in [1.54, 1.807) is 0 Å². The summed E-state index contributed by atoms with van der Waals surface area (Å²) >= 11 is 6.01. The monoisotopic (exact) mass is 351 g/mol. The van der Waals surface area contributed by atoms with E-state index in [1.165, 1.54) is 22.4 Å². The Bertz CT molecular complexity index is 860. The van der Waals surface area contributed by atoms with Crippen molar-refractivity contribution in [3.05, 3.63) is 94.0 Å². The second kappa shape index (κ2) is 8.09. The second-order valence-corrected chi connectivity index (χ2v) is 6.60. The first-order valence-corrected chi connectivity index (χ1v) is 8.76. The number of hydrogen-bond donors (Lipinski definition) is 1. The molecular weight excluding hydrogens is 330 g/mol. The van der Waals surface area contributed by atoms with Gasteiger partial charge in [-0.15, -0.1) is 0 Å². The highest BCUT2D eigenvalue weighted by Crippen LogP contribution is 2.21. The van der Waals surface area contributed by atoms with Gasteiger partial charge in [-0.25, -0.2) is 0 Å². The van der Waals surface area contributed by atoms with Gasteiger partial charge in [0.2, 0.25) is 0 Å². The topological polar surface area (TPSA) is 21.3 Å². The fourth-order valence-electron chi connectivity index (χ4n) is 2.68. The molecule has 0 saturated carbocycles. The maximum Gasteiger partial charge on any atom is 0.120 e. The summed E-state index contributed by atoms with van der Waals surface area (Å²) in [4.78, 5) is 0. The molecule has 25 heavy (non-hydrogen) atoms. The summed E-state index contributed by atoms with van der Waals surface area (Å²) in [6.45, 7) is 5.54. The summed E-state index contributed by atoms with van der Waals surface area (Å²) < 4.78 is 5.90. The molecule has 0 heterocycles. The van der Waals surface area contributed by atoms with Crippen molar-refractivity contribution in [2.45, 2.75) is 27.0 Å². The van der Waals surface area contributed by atoms with Crippen LogP contribution in [-0.2, 0) is 13.2 Å². The summed E-state index contributed by atoms with van der Waals surface area (Å²) in [6.07, 6.45) is 0. The van der Waals surface area contributed by atoms with Gasteiger partial charge in [0.25, 0.3) is 0 Å². The molecule has 0 aliphatic rings. The Hall–Kier alpha value is -2.45. The minimum atomic E-state index is 0.508. The van der Waals surface area contributed by atoms with E-state index in [9.17, 15) is 0 Å². The van der Waals surface area contributed by atoms with Crippen LogP contribution in [0.5, 0.6) is 5.75 Å². The molecule has 3 heteroatoms. The second-order valence-electron chi connectivity index (χ2n) is 6.17. The summed E-state index contributed by atoms with van der Waals surface area (Å²) in [5.74, 6) is 0.861. The van der Waals surface area contributed by atoms with Crippen molar-refractivity contribution in [1.29, 1.82) is 0 Å². The molecule has 0 fully saturated rings. The molecule has 0 unspecified atom stereocenters. The van der Waals surface area contributed by atoms with Gasteiger partial charge in [0.1, 0.15) is 12.4 Å². The van der Waals surface area contributed by atoms with Crippen molar-refractivity contribution in [1.82, 2.24) is 0 Å². The van der Waals surface area contributed by atoms with Crippen molar-refractivity contribution in [2.24, 2.45) is 0 Å². The number of benzene rings is 3. The molecule has 3 rings (SSSR count). The van der Waals surface area contributed by atoms with E-state index in [4.69, 9.17) is 16.3 Å². The smallest absolute Gasteiger partial charge is 0.120 e. The van der Waals surface area contributed by atoms with Gasteiger partial charge >= 0.3 is 0 Å². The van der Waals surface area contributed by atoms with Gasteiger partial charge < -0.3 is 10.1 Å². The first-order valence-electron chi connectivity index (χ1n) is 8.38. The van der Waals surface area contributed by atoms with Crippen LogP contribution in [0.4, 0.5) is 5.69 Å². The first kappa shape index (κ1) is 17.4. The van der Waals surface area contributed by atoms with Crippen LogP contribution in [0.3, 0.4) is 0 Å². The molecule has 3 aromatic carbocycles. The third-order valence-electron chi connectivity index (χ3n) is 4.28. The zero-order valence-corrected chi connectivity index (χ0v) is 15.3. The molecular formula is C22H22ClNO. The Balaban J connectivity index is 1.62. The standard InChI is InChI=1S/C22H22ClNO/c1-16-6-3-11-22(17(16)2)24-14-18-7-5-10-21(13-18)25-15-19-8-4-9-20(23)12-19/h3-13,24H,14-15H2,1-2H3. The molecule has 3 aromatic rings. The molecule has 0 amide bonds. The number of rotatable bonds is 6. The Morgan fingerprint density at radius 1 is 0.880 bits per heavy atom. The number of aryl methyl sites for hydroxylation is 1. The van der Waals surface area contributed by atoms with Gasteiger partial charge in [-0.05, 0) is 66.4 Å². The van der Waals surface area contributed by atoms with Crippen LogP contribution in [-0.4, -0.2) is 0 Å². The van der Waals surface area contributed by atoms with Gasteiger partial charge in [-0.3, -0.25) is 0 Å². The summed E-state index contributed by atoms with van der Waals surface area (Å²) in [5.41, 5.74) is 6.00. The molecule has 128 valence electrons. The number of anilines is 1. The van der Waals surface area contributed by atoms with Gasteiger partial charge in [0.05, 0.1) is 0 Å². The largest absolute Gasteiger partial charge is 0.489 e. The summed E-state index contributed by atoms with van der Waals surface area (Å²) in [6, 6.07) is 22.2. The van der Waals surface area contributed by atoms with Gasteiger partial charge in [-0.2, -0.15) is 0 Å². The normalized spacial score (nSPS) is 10.5. The van der Waals surface area contributed by atoms with E-state index < -0.39 is 0 Å². The van der Waals surface area contributed by atoms with Crippen LogP contribution in [0, 0.1) is 13.8 Å². The molecule has 0 bridgehead atoms. The Morgan fingerprint density at radius 3 is 2.48 bits per heavy atom. The average molecular weight is 352 g/mol. The van der Waals surface area contributed by atoms with Crippen molar-refractivity contribution >= 4 is 17.3 Å². The Kier molecular flexibility index (Phi) is 5.62. The van der Waals surface area contributed by atoms with Crippen LogP contribution in [0.15, 0.2) is 66.7 Å². The van der Waals surface area contributed by atoms with E-state index in [0.717, 1.165) is 22.9 Å². The average Bonchev–Trinajstić information content (AvgIpc) is 2.62. The summed E-state index contributed by atoms with van der Waals surface area (Å²) in [5, 5.41) is 4.23. The lowest BCUT2D eigenvalue weighted by atomic mass is 10.1. The number of halogens is 1. The molecule has 1 N–H and O–H groups in total. The Morgan fingerprint density at radius 2 is 1.64 bits per heavy atom. The number of hydrogen-bond acceptors (Lipinski definition) is 2. The fourth-order valence-corrected chi connectivity index (χ4v) is 2.89. The van der Waals surface area contributed by atoms with E-state index >= 15 is 0 Å². The van der Waals surface area contributed by atoms with Crippen molar-refractivity contribution in [3.8, 4) is 5.75 Å². The van der Waals surface area contributed by atoms with Gasteiger partial charge in [0, 0.05) is 17.3 Å². The van der Waals surface area contributed by atoms with Crippen LogP contribution in [0.25, 0.3) is 0 Å². The molecule has 0 saturated heterocycles. The van der Waals surface area contributed by atoms with Crippen molar-refractivity contribution < 1.29 is 4.74 Å². The number of ether oxygens (including phenoxy) is 1. The Labute approximate surface area is 154 Å².